The second kappa shape index (κ2) is 9.40. The van der Waals surface area contributed by atoms with Crippen molar-refractivity contribution in [2.75, 3.05) is 23.3 Å². The number of anilines is 3. The number of rotatable bonds is 5. The molecular weight excluding hydrogens is 433 g/mol. The van der Waals surface area contributed by atoms with Crippen LogP contribution in [-0.4, -0.2) is 55.5 Å². The molecule has 8 nitrogen and oxygen atoms in total. The van der Waals surface area contributed by atoms with Crippen molar-refractivity contribution >= 4 is 23.2 Å². The van der Waals surface area contributed by atoms with E-state index in [0.29, 0.717) is 18.2 Å². The van der Waals surface area contributed by atoms with Gasteiger partial charge in [-0.1, -0.05) is 0 Å². The summed E-state index contributed by atoms with van der Waals surface area (Å²) >= 11 is 0. The Kier molecular flexibility index (Phi) is 6.54. The highest BCUT2D eigenvalue weighted by Crippen LogP contribution is 2.28. The lowest BCUT2D eigenvalue weighted by Gasteiger charge is -2.45. The summed E-state index contributed by atoms with van der Waals surface area (Å²) in [5, 5.41) is 3.18. The Labute approximate surface area is 199 Å². The van der Waals surface area contributed by atoms with Crippen LogP contribution in [0, 0.1) is 12.7 Å². The highest BCUT2D eigenvalue weighted by molar-refractivity contribution is 5.74. The zero-order valence-corrected chi connectivity index (χ0v) is 20.6. The van der Waals surface area contributed by atoms with Gasteiger partial charge in [-0.15, -0.1) is 0 Å². The summed E-state index contributed by atoms with van der Waals surface area (Å²) in [6.07, 6.45) is 2.83. The number of aromatic nitrogens is 4. The van der Waals surface area contributed by atoms with E-state index in [4.69, 9.17) is 0 Å². The van der Waals surface area contributed by atoms with E-state index in [2.05, 4.69) is 39.0 Å². The fraction of sp³-hybridized carbons (Fsp3) is 0.440. The number of benzene rings is 1. The summed E-state index contributed by atoms with van der Waals surface area (Å²) in [6.45, 7) is 13.3. The lowest BCUT2D eigenvalue weighted by Crippen LogP contribution is -2.57. The predicted octanol–water partition coefficient (Wildman–Crippen LogP) is 4.56. The Hall–Kier alpha value is -3.49. The molecule has 0 radical (unpaired) electrons. The van der Waals surface area contributed by atoms with E-state index in [0.717, 1.165) is 23.7 Å². The second-order valence-corrected chi connectivity index (χ2v) is 9.24. The van der Waals surface area contributed by atoms with E-state index in [1.54, 1.807) is 13.1 Å². The van der Waals surface area contributed by atoms with E-state index in [-0.39, 0.29) is 29.7 Å². The lowest BCUT2D eigenvalue weighted by molar-refractivity contribution is -0.131. The number of carbonyl (C=O) groups is 1. The molecule has 1 aliphatic heterocycles. The minimum atomic E-state index is -0.490. The quantitative estimate of drug-likeness (QED) is 0.595. The van der Waals surface area contributed by atoms with Gasteiger partial charge in [0.05, 0.1) is 18.1 Å². The number of imidazole rings is 1. The average molecular weight is 466 g/mol. The third-order valence-corrected chi connectivity index (χ3v) is 6.33. The first kappa shape index (κ1) is 23.7. The van der Waals surface area contributed by atoms with Crippen molar-refractivity contribution < 1.29 is 9.18 Å². The van der Waals surface area contributed by atoms with E-state index >= 15 is 0 Å². The smallest absolute Gasteiger partial charge is 0.227 e. The van der Waals surface area contributed by atoms with Gasteiger partial charge in [0.25, 0.3) is 0 Å². The van der Waals surface area contributed by atoms with Gasteiger partial charge in [-0.05, 0) is 58.9 Å². The first-order chi connectivity index (χ1) is 16.2. The Balaban J connectivity index is 1.53. The van der Waals surface area contributed by atoms with E-state index in [1.807, 2.05) is 54.5 Å². The summed E-state index contributed by atoms with van der Waals surface area (Å²) in [5.74, 6) is 0.746. The monoisotopic (exact) mass is 465 g/mol. The standard InChI is InChI=1S/C25H32FN7O/c1-15(2)33-18(5)27-12-23(33)24-22(26)11-28-25(30-24)29-20-7-9-21(10-8-20)32-14-16(3)31(19(6)34)13-17(32)4/h7-12,15-17H,13-14H2,1-6H3,(H,28,29,30). The topological polar surface area (TPSA) is 79.2 Å². The minimum absolute atomic E-state index is 0.115. The average Bonchev–Trinajstić information content (AvgIpc) is 3.18. The van der Waals surface area contributed by atoms with Crippen LogP contribution in [0.4, 0.5) is 21.7 Å². The van der Waals surface area contributed by atoms with Gasteiger partial charge in [-0.3, -0.25) is 4.79 Å². The molecule has 34 heavy (non-hydrogen) atoms. The zero-order valence-electron chi connectivity index (χ0n) is 20.6. The van der Waals surface area contributed by atoms with Crippen molar-refractivity contribution in [2.45, 2.75) is 59.7 Å². The van der Waals surface area contributed by atoms with Crippen molar-refractivity contribution in [3.05, 3.63) is 48.3 Å². The third kappa shape index (κ3) is 4.60. The molecule has 2 unspecified atom stereocenters. The number of aryl methyl sites for hydroxylation is 1. The number of amides is 1. The Morgan fingerprint density at radius 2 is 1.79 bits per heavy atom. The molecule has 180 valence electrons. The molecule has 0 spiro atoms. The molecule has 1 N–H and O–H groups in total. The zero-order chi connectivity index (χ0) is 24.6. The maximum absolute atomic E-state index is 14.6. The molecule has 0 aliphatic carbocycles. The van der Waals surface area contributed by atoms with Crippen LogP contribution >= 0.6 is 0 Å². The molecule has 0 saturated carbocycles. The predicted molar refractivity (Wildman–Crippen MR) is 132 cm³/mol. The highest BCUT2D eigenvalue weighted by Gasteiger charge is 2.30. The fourth-order valence-corrected chi connectivity index (χ4v) is 4.68. The van der Waals surface area contributed by atoms with Gasteiger partial charge in [0.2, 0.25) is 11.9 Å². The van der Waals surface area contributed by atoms with Gasteiger partial charge in [0.15, 0.2) is 5.82 Å². The summed E-state index contributed by atoms with van der Waals surface area (Å²) in [5.41, 5.74) is 2.73. The van der Waals surface area contributed by atoms with Gasteiger partial charge in [0, 0.05) is 49.5 Å². The van der Waals surface area contributed by atoms with Crippen molar-refractivity contribution in [3.8, 4) is 11.4 Å². The Bertz CT molecular complexity index is 1170. The van der Waals surface area contributed by atoms with Crippen molar-refractivity contribution in [3.63, 3.8) is 0 Å². The Morgan fingerprint density at radius 1 is 1.09 bits per heavy atom. The summed E-state index contributed by atoms with van der Waals surface area (Å²) in [4.78, 5) is 29.0. The summed E-state index contributed by atoms with van der Waals surface area (Å²) in [6, 6.07) is 8.49. The first-order valence-electron chi connectivity index (χ1n) is 11.6. The molecule has 1 aliphatic rings. The van der Waals surface area contributed by atoms with Crippen LogP contribution in [0.5, 0.6) is 0 Å². The van der Waals surface area contributed by atoms with Crippen LogP contribution in [0.3, 0.4) is 0 Å². The molecule has 1 fully saturated rings. The number of nitrogens with zero attached hydrogens (tertiary/aromatic N) is 6. The largest absolute Gasteiger partial charge is 0.365 e. The molecule has 1 saturated heterocycles. The number of carbonyl (C=O) groups excluding carboxylic acids is 1. The van der Waals surface area contributed by atoms with Crippen molar-refractivity contribution in [1.29, 1.82) is 0 Å². The van der Waals surface area contributed by atoms with Crippen LogP contribution in [0.15, 0.2) is 36.7 Å². The number of hydrogen-bond donors (Lipinski definition) is 1. The van der Waals surface area contributed by atoms with Gasteiger partial charge >= 0.3 is 0 Å². The second-order valence-electron chi connectivity index (χ2n) is 9.24. The third-order valence-electron chi connectivity index (χ3n) is 6.33. The number of hydrogen-bond acceptors (Lipinski definition) is 6. The molecule has 9 heteroatoms. The molecule has 2 aromatic heterocycles. The fourth-order valence-electron chi connectivity index (χ4n) is 4.68. The van der Waals surface area contributed by atoms with E-state index in [1.165, 1.54) is 6.20 Å². The van der Waals surface area contributed by atoms with E-state index < -0.39 is 5.82 Å². The van der Waals surface area contributed by atoms with Crippen molar-refractivity contribution in [2.24, 2.45) is 0 Å². The van der Waals surface area contributed by atoms with Gasteiger partial charge < -0.3 is 19.7 Å². The normalized spacial score (nSPS) is 18.5. The molecule has 3 heterocycles. The first-order valence-corrected chi connectivity index (χ1v) is 11.6. The minimum Gasteiger partial charge on any atom is -0.365 e. The maximum Gasteiger partial charge on any atom is 0.227 e. The van der Waals surface area contributed by atoms with E-state index in [9.17, 15) is 9.18 Å². The van der Waals surface area contributed by atoms with Gasteiger partial charge in [-0.2, -0.15) is 0 Å². The molecule has 1 amide bonds. The molecule has 0 bridgehead atoms. The molecule has 3 aromatic rings. The van der Waals surface area contributed by atoms with Crippen LogP contribution in [-0.2, 0) is 4.79 Å². The van der Waals surface area contributed by atoms with Crippen LogP contribution in [0.25, 0.3) is 11.4 Å². The maximum atomic E-state index is 14.6. The SMILES string of the molecule is CC(=O)N1CC(C)N(c2ccc(Nc3ncc(F)c(-c4cnc(C)n4C(C)C)n3)cc2)CC1C. The van der Waals surface area contributed by atoms with Gasteiger partial charge in [-0.25, -0.2) is 19.3 Å². The number of nitrogens with one attached hydrogen (secondary N) is 1. The molecule has 4 rings (SSSR count). The van der Waals surface area contributed by atoms with Crippen LogP contribution in [0.1, 0.15) is 46.5 Å². The van der Waals surface area contributed by atoms with Crippen LogP contribution in [0.2, 0.25) is 0 Å². The summed E-state index contributed by atoms with van der Waals surface area (Å²) in [7, 11) is 0. The Morgan fingerprint density at radius 3 is 2.44 bits per heavy atom. The van der Waals surface area contributed by atoms with Crippen LogP contribution < -0.4 is 10.2 Å². The summed E-state index contributed by atoms with van der Waals surface area (Å²) < 4.78 is 16.6. The van der Waals surface area contributed by atoms with Gasteiger partial charge in [0.1, 0.15) is 11.5 Å². The highest BCUT2D eigenvalue weighted by atomic mass is 19.1. The lowest BCUT2D eigenvalue weighted by atomic mass is 10.1. The van der Waals surface area contributed by atoms with Crippen molar-refractivity contribution in [1.82, 2.24) is 24.4 Å². The number of piperazine rings is 1. The number of halogens is 1. The molecule has 2 atom stereocenters. The molecule has 1 aromatic carbocycles. The molecular formula is C25H32FN7O.